The first-order chi connectivity index (χ1) is 15.9. The number of nitrogens with zero attached hydrogens (tertiary/aromatic N) is 1. The van der Waals surface area contributed by atoms with Gasteiger partial charge in [-0.1, -0.05) is 35.9 Å². The SMILES string of the molecule is O=C([C@@H]1COc2ccccc2O1)N(Cc1ccc(-c2cccc(Cl)c2)o1)[C@H]1CCS(=O)(=O)C1. The lowest BCUT2D eigenvalue weighted by atomic mass is 10.1. The number of sulfone groups is 1. The average molecular weight is 488 g/mol. The molecule has 172 valence electrons. The number of para-hydroxylation sites is 2. The van der Waals surface area contributed by atoms with E-state index >= 15 is 0 Å². The molecule has 9 heteroatoms. The summed E-state index contributed by atoms with van der Waals surface area (Å²) in [6.45, 7) is 0.179. The number of carbonyl (C=O) groups is 1. The Kier molecular flexibility index (Phi) is 5.80. The van der Waals surface area contributed by atoms with E-state index in [4.69, 9.17) is 25.5 Å². The Morgan fingerprint density at radius 2 is 1.88 bits per heavy atom. The summed E-state index contributed by atoms with van der Waals surface area (Å²) in [5.41, 5.74) is 0.815. The molecule has 0 spiro atoms. The first-order valence-corrected chi connectivity index (χ1v) is 12.8. The molecule has 0 saturated carbocycles. The number of fused-ring (bicyclic) bond motifs is 1. The van der Waals surface area contributed by atoms with Crippen LogP contribution in [-0.4, -0.2) is 49.5 Å². The van der Waals surface area contributed by atoms with Crippen molar-refractivity contribution in [2.45, 2.75) is 25.1 Å². The lowest BCUT2D eigenvalue weighted by Crippen LogP contribution is -2.50. The molecule has 2 atom stereocenters. The molecule has 1 amide bonds. The second kappa shape index (κ2) is 8.76. The van der Waals surface area contributed by atoms with Gasteiger partial charge in [-0.3, -0.25) is 4.79 Å². The van der Waals surface area contributed by atoms with Crippen molar-refractivity contribution in [3.63, 3.8) is 0 Å². The third kappa shape index (κ3) is 4.72. The third-order valence-electron chi connectivity index (χ3n) is 5.81. The highest BCUT2D eigenvalue weighted by Crippen LogP contribution is 2.33. The van der Waals surface area contributed by atoms with Crippen LogP contribution in [0.2, 0.25) is 5.02 Å². The zero-order chi connectivity index (χ0) is 23.0. The van der Waals surface area contributed by atoms with Crippen molar-refractivity contribution in [1.29, 1.82) is 0 Å². The van der Waals surface area contributed by atoms with Gasteiger partial charge in [0.25, 0.3) is 5.91 Å². The van der Waals surface area contributed by atoms with Crippen LogP contribution in [0.15, 0.2) is 65.1 Å². The first kappa shape index (κ1) is 21.9. The Bertz CT molecular complexity index is 1290. The van der Waals surface area contributed by atoms with Crippen LogP contribution >= 0.6 is 11.6 Å². The summed E-state index contributed by atoms with van der Waals surface area (Å²) in [7, 11) is -3.20. The predicted octanol–water partition coefficient (Wildman–Crippen LogP) is 3.96. The molecule has 5 rings (SSSR count). The van der Waals surface area contributed by atoms with Crippen LogP contribution in [0.25, 0.3) is 11.3 Å². The summed E-state index contributed by atoms with van der Waals surface area (Å²) in [6, 6.07) is 17.6. The largest absolute Gasteiger partial charge is 0.485 e. The molecule has 1 fully saturated rings. The number of halogens is 1. The van der Waals surface area contributed by atoms with E-state index in [-0.39, 0.29) is 30.6 Å². The highest BCUT2D eigenvalue weighted by atomic mass is 35.5. The van der Waals surface area contributed by atoms with Gasteiger partial charge >= 0.3 is 0 Å². The zero-order valence-corrected chi connectivity index (χ0v) is 19.2. The summed E-state index contributed by atoms with van der Waals surface area (Å²) < 4.78 is 41.9. The second-order valence-corrected chi connectivity index (χ2v) is 10.8. The van der Waals surface area contributed by atoms with E-state index in [1.807, 2.05) is 24.3 Å². The van der Waals surface area contributed by atoms with Crippen LogP contribution in [0.4, 0.5) is 0 Å². The van der Waals surface area contributed by atoms with Crippen LogP contribution in [0, 0.1) is 0 Å². The maximum absolute atomic E-state index is 13.5. The number of hydrogen-bond donors (Lipinski definition) is 0. The minimum absolute atomic E-state index is 0.0533. The number of amides is 1. The van der Waals surface area contributed by atoms with Crippen molar-refractivity contribution in [2.24, 2.45) is 0 Å². The van der Waals surface area contributed by atoms with Gasteiger partial charge in [0.15, 0.2) is 21.3 Å². The fourth-order valence-electron chi connectivity index (χ4n) is 4.16. The molecule has 3 aromatic rings. The molecular weight excluding hydrogens is 466 g/mol. The molecule has 0 N–H and O–H groups in total. The molecule has 2 aromatic carbocycles. The van der Waals surface area contributed by atoms with Crippen molar-refractivity contribution in [2.75, 3.05) is 18.1 Å². The van der Waals surface area contributed by atoms with E-state index in [1.54, 1.807) is 41.3 Å². The molecule has 1 saturated heterocycles. The molecule has 2 aliphatic heterocycles. The van der Waals surface area contributed by atoms with E-state index in [2.05, 4.69) is 0 Å². The molecule has 7 nitrogen and oxygen atoms in total. The lowest BCUT2D eigenvalue weighted by molar-refractivity contribution is -0.144. The first-order valence-electron chi connectivity index (χ1n) is 10.6. The van der Waals surface area contributed by atoms with Crippen molar-refractivity contribution in [3.8, 4) is 22.8 Å². The van der Waals surface area contributed by atoms with Crippen LogP contribution in [0.3, 0.4) is 0 Å². The number of benzene rings is 2. The number of hydrogen-bond acceptors (Lipinski definition) is 6. The van der Waals surface area contributed by atoms with E-state index in [0.717, 1.165) is 5.56 Å². The summed E-state index contributed by atoms with van der Waals surface area (Å²) in [5.74, 6) is 1.87. The highest BCUT2D eigenvalue weighted by molar-refractivity contribution is 7.91. The number of rotatable bonds is 5. The monoisotopic (exact) mass is 487 g/mol. The summed E-state index contributed by atoms with van der Waals surface area (Å²) in [4.78, 5) is 15.0. The van der Waals surface area contributed by atoms with Crippen molar-refractivity contribution in [1.82, 2.24) is 4.90 Å². The van der Waals surface area contributed by atoms with E-state index in [1.165, 1.54) is 0 Å². The lowest BCUT2D eigenvalue weighted by Gasteiger charge is -2.33. The predicted molar refractivity (Wildman–Crippen MR) is 123 cm³/mol. The van der Waals surface area contributed by atoms with Gasteiger partial charge in [0.05, 0.1) is 18.1 Å². The molecule has 2 aliphatic rings. The van der Waals surface area contributed by atoms with Crippen LogP contribution in [0.5, 0.6) is 11.5 Å². The Balaban J connectivity index is 1.39. The van der Waals surface area contributed by atoms with Gasteiger partial charge in [0.2, 0.25) is 6.10 Å². The summed E-state index contributed by atoms with van der Waals surface area (Å²) >= 11 is 6.09. The fourth-order valence-corrected chi connectivity index (χ4v) is 6.08. The summed E-state index contributed by atoms with van der Waals surface area (Å²) in [5, 5.41) is 0.591. The molecule has 3 heterocycles. The van der Waals surface area contributed by atoms with Crippen LogP contribution < -0.4 is 9.47 Å². The average Bonchev–Trinajstić information content (AvgIpc) is 3.42. The van der Waals surface area contributed by atoms with E-state index in [9.17, 15) is 13.2 Å². The summed E-state index contributed by atoms with van der Waals surface area (Å²) in [6.07, 6.45) is -0.495. The van der Waals surface area contributed by atoms with Gasteiger partial charge in [-0.15, -0.1) is 0 Å². The molecule has 0 unspecified atom stereocenters. The molecule has 0 radical (unpaired) electrons. The van der Waals surface area contributed by atoms with Crippen LogP contribution in [0.1, 0.15) is 12.2 Å². The smallest absolute Gasteiger partial charge is 0.267 e. The van der Waals surface area contributed by atoms with Crippen molar-refractivity contribution in [3.05, 3.63) is 71.4 Å². The van der Waals surface area contributed by atoms with Crippen molar-refractivity contribution < 1.29 is 27.1 Å². The van der Waals surface area contributed by atoms with Gasteiger partial charge in [-0.25, -0.2) is 8.42 Å². The third-order valence-corrected chi connectivity index (χ3v) is 7.80. The number of carbonyl (C=O) groups excluding carboxylic acids is 1. The molecule has 33 heavy (non-hydrogen) atoms. The Morgan fingerprint density at radius 3 is 2.64 bits per heavy atom. The second-order valence-electron chi connectivity index (χ2n) is 8.16. The maximum Gasteiger partial charge on any atom is 0.267 e. The van der Waals surface area contributed by atoms with Gasteiger partial charge < -0.3 is 18.8 Å². The minimum atomic E-state index is -3.20. The molecular formula is C24H22ClNO6S. The molecule has 1 aromatic heterocycles. The Labute approximate surface area is 196 Å². The standard InChI is InChI=1S/C24H22ClNO6S/c25-17-5-3-4-16(12-17)20-9-8-19(31-20)13-26(18-10-11-33(28,29)15-18)24(27)23-14-30-21-6-1-2-7-22(21)32-23/h1-9,12,18,23H,10-11,13-15H2/t18-,23-/m0/s1. The highest BCUT2D eigenvalue weighted by Gasteiger charge is 2.39. The number of ether oxygens (including phenoxy) is 2. The normalized spacial score (nSPS) is 21.0. The number of furan rings is 1. The van der Waals surface area contributed by atoms with Gasteiger partial charge in [-0.05, 0) is 42.8 Å². The van der Waals surface area contributed by atoms with E-state index in [0.29, 0.717) is 34.5 Å². The maximum atomic E-state index is 13.5. The Hall–Kier alpha value is -2.97. The van der Waals surface area contributed by atoms with Crippen LogP contribution in [-0.2, 0) is 21.2 Å². The fraction of sp³-hybridized carbons (Fsp3) is 0.292. The van der Waals surface area contributed by atoms with Crippen molar-refractivity contribution >= 4 is 27.3 Å². The van der Waals surface area contributed by atoms with Gasteiger partial charge in [0.1, 0.15) is 18.1 Å². The quantitative estimate of drug-likeness (QED) is 0.541. The topological polar surface area (TPSA) is 86.1 Å². The van der Waals surface area contributed by atoms with E-state index < -0.39 is 22.0 Å². The zero-order valence-electron chi connectivity index (χ0n) is 17.6. The van der Waals surface area contributed by atoms with Gasteiger partial charge in [0, 0.05) is 16.6 Å². The minimum Gasteiger partial charge on any atom is -0.485 e. The Morgan fingerprint density at radius 1 is 1.06 bits per heavy atom. The molecule has 0 bridgehead atoms. The van der Waals surface area contributed by atoms with Gasteiger partial charge in [-0.2, -0.15) is 0 Å². The molecule has 0 aliphatic carbocycles.